The van der Waals surface area contributed by atoms with E-state index in [1.807, 2.05) is 36.9 Å². The molecular formula is C22H28N4O4. The Morgan fingerprint density at radius 2 is 1.90 bits per heavy atom. The normalized spacial score (nSPS) is 17.1. The molecule has 1 saturated heterocycles. The predicted molar refractivity (Wildman–Crippen MR) is 110 cm³/mol. The van der Waals surface area contributed by atoms with Crippen molar-refractivity contribution in [2.75, 3.05) is 32.7 Å². The van der Waals surface area contributed by atoms with Gasteiger partial charge in [-0.05, 0) is 38.8 Å². The van der Waals surface area contributed by atoms with Crippen LogP contribution in [-0.4, -0.2) is 65.5 Å². The second kappa shape index (κ2) is 8.87. The van der Waals surface area contributed by atoms with Gasteiger partial charge in [0.1, 0.15) is 18.1 Å². The minimum Gasteiger partial charge on any atom is -0.488 e. The first-order valence-corrected chi connectivity index (χ1v) is 10.5. The van der Waals surface area contributed by atoms with Crippen molar-refractivity contribution in [3.8, 4) is 5.75 Å². The lowest BCUT2D eigenvalue weighted by atomic mass is 10.1. The van der Waals surface area contributed by atoms with Crippen molar-refractivity contribution in [2.24, 2.45) is 0 Å². The Labute approximate surface area is 176 Å². The number of para-hydroxylation sites is 1. The van der Waals surface area contributed by atoms with Gasteiger partial charge < -0.3 is 19.5 Å². The summed E-state index contributed by atoms with van der Waals surface area (Å²) in [6, 6.07) is 7.68. The van der Waals surface area contributed by atoms with Crippen molar-refractivity contribution in [2.45, 2.75) is 39.3 Å². The molecule has 2 aromatic rings. The molecule has 1 aliphatic heterocycles. The van der Waals surface area contributed by atoms with Crippen LogP contribution in [0.3, 0.4) is 0 Å². The SMILES string of the molecule is Cc1noc(C)c1COc1ccccc1C(=O)N1CCN(CC(=O)NC2CC2)CC1. The van der Waals surface area contributed by atoms with Gasteiger partial charge in [0.05, 0.1) is 23.4 Å². The number of ether oxygens (including phenoxy) is 1. The van der Waals surface area contributed by atoms with E-state index < -0.39 is 0 Å². The van der Waals surface area contributed by atoms with Gasteiger partial charge in [-0.25, -0.2) is 0 Å². The number of nitrogens with one attached hydrogen (secondary N) is 1. The maximum absolute atomic E-state index is 13.1. The summed E-state index contributed by atoms with van der Waals surface area (Å²) < 4.78 is 11.1. The molecule has 2 fully saturated rings. The average Bonchev–Trinajstić information content (AvgIpc) is 3.50. The molecule has 1 aromatic heterocycles. The molecule has 0 spiro atoms. The van der Waals surface area contributed by atoms with Crippen LogP contribution in [0.15, 0.2) is 28.8 Å². The van der Waals surface area contributed by atoms with Crippen molar-refractivity contribution in [3.05, 3.63) is 46.8 Å². The van der Waals surface area contributed by atoms with Gasteiger partial charge in [-0.15, -0.1) is 0 Å². The summed E-state index contributed by atoms with van der Waals surface area (Å²) in [5.74, 6) is 1.30. The van der Waals surface area contributed by atoms with E-state index in [2.05, 4.69) is 15.4 Å². The van der Waals surface area contributed by atoms with Crippen molar-refractivity contribution < 1.29 is 18.8 Å². The number of nitrogens with zero attached hydrogens (tertiary/aromatic N) is 3. The van der Waals surface area contributed by atoms with Gasteiger partial charge in [-0.3, -0.25) is 14.5 Å². The minimum atomic E-state index is -0.0496. The summed E-state index contributed by atoms with van der Waals surface area (Å²) in [4.78, 5) is 29.0. The fraction of sp³-hybridized carbons (Fsp3) is 0.500. The lowest BCUT2D eigenvalue weighted by Gasteiger charge is -2.34. The van der Waals surface area contributed by atoms with Crippen LogP contribution in [0, 0.1) is 13.8 Å². The number of piperazine rings is 1. The molecule has 8 nitrogen and oxygen atoms in total. The third kappa shape index (κ3) is 4.81. The number of amides is 2. The van der Waals surface area contributed by atoms with Crippen molar-refractivity contribution in [1.82, 2.24) is 20.3 Å². The van der Waals surface area contributed by atoms with Crippen LogP contribution in [0.4, 0.5) is 0 Å². The summed E-state index contributed by atoms with van der Waals surface area (Å²) in [5, 5.41) is 6.96. The highest BCUT2D eigenvalue weighted by molar-refractivity contribution is 5.97. The smallest absolute Gasteiger partial charge is 0.257 e. The van der Waals surface area contributed by atoms with Crippen LogP contribution in [0.2, 0.25) is 0 Å². The predicted octanol–water partition coefficient (Wildman–Crippen LogP) is 1.91. The molecule has 2 aliphatic rings. The molecule has 0 atom stereocenters. The van der Waals surface area contributed by atoms with Gasteiger partial charge in [0.25, 0.3) is 5.91 Å². The summed E-state index contributed by atoms with van der Waals surface area (Å²) in [5.41, 5.74) is 2.23. The molecule has 160 valence electrons. The summed E-state index contributed by atoms with van der Waals surface area (Å²) in [7, 11) is 0. The van der Waals surface area contributed by atoms with Crippen LogP contribution >= 0.6 is 0 Å². The molecule has 1 saturated carbocycles. The lowest BCUT2D eigenvalue weighted by Crippen LogP contribution is -2.51. The first-order valence-electron chi connectivity index (χ1n) is 10.5. The second-order valence-corrected chi connectivity index (χ2v) is 8.00. The standard InChI is InChI=1S/C22H28N4O4/c1-15-19(16(2)30-24-15)14-29-20-6-4-3-5-18(20)22(28)26-11-9-25(10-12-26)13-21(27)23-17-7-8-17/h3-6,17H,7-14H2,1-2H3,(H,23,27). The fourth-order valence-corrected chi connectivity index (χ4v) is 3.61. The third-order valence-electron chi connectivity index (χ3n) is 5.64. The zero-order valence-corrected chi connectivity index (χ0v) is 17.5. The molecule has 30 heavy (non-hydrogen) atoms. The van der Waals surface area contributed by atoms with Gasteiger partial charge in [0.2, 0.25) is 5.91 Å². The number of rotatable bonds is 7. The van der Waals surface area contributed by atoms with Gasteiger partial charge in [0.15, 0.2) is 0 Å². The van der Waals surface area contributed by atoms with Crippen LogP contribution < -0.4 is 10.1 Å². The minimum absolute atomic E-state index is 0.0496. The Bertz CT molecular complexity index is 894. The fourth-order valence-electron chi connectivity index (χ4n) is 3.61. The van der Waals surface area contributed by atoms with Crippen molar-refractivity contribution in [3.63, 3.8) is 0 Å². The number of hydrogen-bond acceptors (Lipinski definition) is 6. The molecule has 2 heterocycles. The number of carbonyl (C=O) groups is 2. The molecule has 0 radical (unpaired) electrons. The number of aromatic nitrogens is 1. The highest BCUT2D eigenvalue weighted by atomic mass is 16.5. The van der Waals surface area contributed by atoms with E-state index in [-0.39, 0.29) is 11.8 Å². The second-order valence-electron chi connectivity index (χ2n) is 8.00. The van der Waals surface area contributed by atoms with Crippen LogP contribution in [-0.2, 0) is 11.4 Å². The number of hydrogen-bond donors (Lipinski definition) is 1. The summed E-state index contributed by atoms with van der Waals surface area (Å²) >= 11 is 0. The van der Waals surface area contributed by atoms with E-state index in [4.69, 9.17) is 9.26 Å². The van der Waals surface area contributed by atoms with E-state index >= 15 is 0 Å². The number of carbonyl (C=O) groups excluding carboxylic acids is 2. The molecule has 2 amide bonds. The average molecular weight is 412 g/mol. The third-order valence-corrected chi connectivity index (χ3v) is 5.64. The Kier molecular flexibility index (Phi) is 6.03. The van der Waals surface area contributed by atoms with Crippen molar-refractivity contribution >= 4 is 11.8 Å². The van der Waals surface area contributed by atoms with Gasteiger partial charge in [-0.2, -0.15) is 0 Å². The van der Waals surface area contributed by atoms with E-state index in [0.717, 1.165) is 29.9 Å². The molecule has 1 aliphatic carbocycles. The van der Waals surface area contributed by atoms with Crippen LogP contribution in [0.25, 0.3) is 0 Å². The van der Waals surface area contributed by atoms with Crippen LogP contribution in [0.1, 0.15) is 40.2 Å². The molecule has 1 aromatic carbocycles. The highest BCUT2D eigenvalue weighted by Crippen LogP contribution is 2.23. The number of benzene rings is 1. The lowest BCUT2D eigenvalue weighted by molar-refractivity contribution is -0.122. The Balaban J connectivity index is 1.34. The van der Waals surface area contributed by atoms with E-state index in [0.29, 0.717) is 56.7 Å². The van der Waals surface area contributed by atoms with E-state index in [1.165, 1.54) is 0 Å². The molecule has 8 heteroatoms. The highest BCUT2D eigenvalue weighted by Gasteiger charge is 2.27. The Morgan fingerprint density at radius 3 is 2.57 bits per heavy atom. The maximum atomic E-state index is 13.1. The topological polar surface area (TPSA) is 87.9 Å². The van der Waals surface area contributed by atoms with E-state index in [9.17, 15) is 9.59 Å². The monoisotopic (exact) mass is 412 g/mol. The zero-order valence-electron chi connectivity index (χ0n) is 17.5. The molecule has 4 rings (SSSR count). The zero-order chi connectivity index (χ0) is 21.1. The van der Waals surface area contributed by atoms with Gasteiger partial charge in [-0.1, -0.05) is 17.3 Å². The van der Waals surface area contributed by atoms with Gasteiger partial charge >= 0.3 is 0 Å². The van der Waals surface area contributed by atoms with E-state index in [1.54, 1.807) is 6.07 Å². The summed E-state index contributed by atoms with van der Waals surface area (Å²) in [6.07, 6.45) is 2.18. The molecule has 0 bridgehead atoms. The molecule has 0 unspecified atom stereocenters. The van der Waals surface area contributed by atoms with Gasteiger partial charge in [0, 0.05) is 32.2 Å². The largest absolute Gasteiger partial charge is 0.488 e. The quantitative estimate of drug-likeness (QED) is 0.747. The first kappa shape index (κ1) is 20.4. The molecule has 1 N–H and O–H groups in total. The first-order chi connectivity index (χ1) is 14.5. The van der Waals surface area contributed by atoms with Crippen LogP contribution in [0.5, 0.6) is 5.75 Å². The Morgan fingerprint density at radius 1 is 1.17 bits per heavy atom. The summed E-state index contributed by atoms with van der Waals surface area (Å²) in [6.45, 7) is 6.97. The van der Waals surface area contributed by atoms with Crippen molar-refractivity contribution in [1.29, 1.82) is 0 Å². The maximum Gasteiger partial charge on any atom is 0.257 e. The number of aryl methyl sites for hydroxylation is 2. The Hall–Kier alpha value is -2.87. The molecular weight excluding hydrogens is 384 g/mol.